The van der Waals surface area contributed by atoms with Crippen molar-refractivity contribution in [3.63, 3.8) is 0 Å². The predicted molar refractivity (Wildman–Crippen MR) is 94.5 cm³/mol. The Bertz CT molecular complexity index is 1060. The van der Waals surface area contributed by atoms with E-state index in [-0.39, 0.29) is 0 Å². The molecule has 23 heavy (non-hydrogen) atoms. The molecular formula is C21H20NO+. The van der Waals surface area contributed by atoms with Gasteiger partial charge >= 0.3 is 0 Å². The molecule has 2 heterocycles. The van der Waals surface area contributed by atoms with Gasteiger partial charge in [-0.05, 0) is 44.0 Å². The van der Waals surface area contributed by atoms with Crippen LogP contribution in [0.15, 0.2) is 53.1 Å². The van der Waals surface area contributed by atoms with Gasteiger partial charge in [0.15, 0.2) is 6.20 Å². The summed E-state index contributed by atoms with van der Waals surface area (Å²) in [5.74, 6) is 0. The first-order valence-corrected chi connectivity index (χ1v) is 7.94. The average Bonchev–Trinajstić information content (AvgIpc) is 2.88. The Balaban J connectivity index is 2.18. The number of furan rings is 1. The van der Waals surface area contributed by atoms with Crippen molar-refractivity contribution in [3.05, 3.63) is 65.4 Å². The van der Waals surface area contributed by atoms with Crippen LogP contribution < -0.4 is 4.57 Å². The van der Waals surface area contributed by atoms with Gasteiger partial charge in [0.25, 0.3) is 0 Å². The number of aromatic nitrogens is 1. The Labute approximate surface area is 136 Å². The number of pyridine rings is 1. The van der Waals surface area contributed by atoms with Crippen LogP contribution in [-0.4, -0.2) is 0 Å². The zero-order chi connectivity index (χ0) is 16.1. The molecule has 2 aromatic heterocycles. The lowest BCUT2D eigenvalue weighted by molar-refractivity contribution is -0.660. The van der Waals surface area contributed by atoms with Crippen molar-refractivity contribution in [2.24, 2.45) is 7.05 Å². The van der Waals surface area contributed by atoms with E-state index in [1.54, 1.807) is 0 Å². The van der Waals surface area contributed by atoms with E-state index >= 15 is 0 Å². The Morgan fingerprint density at radius 3 is 2.48 bits per heavy atom. The van der Waals surface area contributed by atoms with Crippen LogP contribution in [-0.2, 0) is 7.05 Å². The minimum absolute atomic E-state index is 0.951. The van der Waals surface area contributed by atoms with Crippen LogP contribution in [0, 0.1) is 20.8 Å². The molecule has 0 aliphatic heterocycles. The second kappa shape index (κ2) is 4.95. The van der Waals surface area contributed by atoms with E-state index in [9.17, 15) is 0 Å². The summed E-state index contributed by atoms with van der Waals surface area (Å²) < 4.78 is 8.45. The van der Waals surface area contributed by atoms with E-state index < -0.39 is 0 Å². The van der Waals surface area contributed by atoms with E-state index in [1.165, 1.54) is 38.7 Å². The molecular weight excluding hydrogens is 282 g/mol. The smallest absolute Gasteiger partial charge is 0.216 e. The van der Waals surface area contributed by atoms with Crippen LogP contribution >= 0.6 is 0 Å². The first-order chi connectivity index (χ1) is 11.1. The van der Waals surface area contributed by atoms with E-state index in [2.05, 4.69) is 68.9 Å². The van der Waals surface area contributed by atoms with Gasteiger partial charge in [-0.15, -0.1) is 0 Å². The SMILES string of the molecule is Cc1ccc(-c2c(C)cc(C)c3c2oc2ccccc23)[n+](C)c1. The van der Waals surface area contributed by atoms with Crippen LogP contribution in [0.2, 0.25) is 0 Å². The summed E-state index contributed by atoms with van der Waals surface area (Å²) in [5.41, 5.74) is 8.06. The third-order valence-electron chi connectivity index (χ3n) is 4.58. The maximum atomic E-state index is 6.27. The third kappa shape index (κ3) is 2.06. The van der Waals surface area contributed by atoms with Crippen molar-refractivity contribution in [1.29, 1.82) is 0 Å². The zero-order valence-electron chi connectivity index (χ0n) is 14.0. The minimum atomic E-state index is 0.951. The minimum Gasteiger partial charge on any atom is -0.455 e. The van der Waals surface area contributed by atoms with E-state index in [0.29, 0.717) is 0 Å². The molecule has 0 aliphatic carbocycles. The molecule has 0 spiro atoms. The van der Waals surface area contributed by atoms with Gasteiger partial charge in [-0.25, -0.2) is 4.57 Å². The van der Waals surface area contributed by atoms with Crippen molar-refractivity contribution >= 4 is 21.9 Å². The highest BCUT2D eigenvalue weighted by atomic mass is 16.3. The number of nitrogens with zero attached hydrogens (tertiary/aromatic N) is 1. The van der Waals surface area contributed by atoms with Gasteiger partial charge in [-0.2, -0.15) is 0 Å². The predicted octanol–water partition coefficient (Wildman–Crippen LogP) is 5.00. The third-order valence-corrected chi connectivity index (χ3v) is 4.58. The Morgan fingerprint density at radius 1 is 0.913 bits per heavy atom. The fourth-order valence-corrected chi connectivity index (χ4v) is 3.59. The highest BCUT2D eigenvalue weighted by molar-refractivity contribution is 6.11. The number of hydrogen-bond acceptors (Lipinski definition) is 1. The van der Waals surface area contributed by atoms with Gasteiger partial charge in [-0.1, -0.05) is 24.3 Å². The highest BCUT2D eigenvalue weighted by Gasteiger charge is 2.21. The van der Waals surface area contributed by atoms with E-state index in [4.69, 9.17) is 4.42 Å². The summed E-state index contributed by atoms with van der Waals surface area (Å²) in [6.45, 7) is 6.44. The van der Waals surface area contributed by atoms with Crippen LogP contribution in [0.4, 0.5) is 0 Å². The van der Waals surface area contributed by atoms with E-state index in [0.717, 1.165) is 11.2 Å². The second-order valence-electron chi connectivity index (χ2n) is 6.39. The van der Waals surface area contributed by atoms with Crippen LogP contribution in [0.1, 0.15) is 16.7 Å². The van der Waals surface area contributed by atoms with Crippen molar-refractivity contribution < 1.29 is 8.98 Å². The van der Waals surface area contributed by atoms with Crippen molar-refractivity contribution in [2.45, 2.75) is 20.8 Å². The van der Waals surface area contributed by atoms with Gasteiger partial charge in [0.1, 0.15) is 18.2 Å². The number of benzene rings is 2. The molecule has 0 bridgehead atoms. The molecule has 114 valence electrons. The fourth-order valence-electron chi connectivity index (χ4n) is 3.59. The molecule has 0 atom stereocenters. The molecule has 4 aromatic rings. The molecule has 0 radical (unpaired) electrons. The largest absolute Gasteiger partial charge is 0.455 e. The molecule has 0 unspecified atom stereocenters. The molecule has 0 N–H and O–H groups in total. The number of aryl methyl sites for hydroxylation is 4. The van der Waals surface area contributed by atoms with Gasteiger partial charge < -0.3 is 4.42 Å². The second-order valence-corrected chi connectivity index (χ2v) is 6.39. The fraction of sp³-hybridized carbons (Fsp3) is 0.190. The normalized spacial score (nSPS) is 11.5. The van der Waals surface area contributed by atoms with Crippen molar-refractivity contribution in [1.82, 2.24) is 0 Å². The van der Waals surface area contributed by atoms with Crippen LogP contribution in [0.5, 0.6) is 0 Å². The average molecular weight is 302 g/mol. The topological polar surface area (TPSA) is 17.0 Å². The summed E-state index contributed by atoms with van der Waals surface area (Å²) in [4.78, 5) is 0. The molecule has 0 aliphatic rings. The lowest BCUT2D eigenvalue weighted by Gasteiger charge is -2.08. The summed E-state index contributed by atoms with van der Waals surface area (Å²) in [7, 11) is 2.09. The summed E-state index contributed by atoms with van der Waals surface area (Å²) in [6.07, 6.45) is 2.16. The summed E-state index contributed by atoms with van der Waals surface area (Å²) >= 11 is 0. The molecule has 2 nitrogen and oxygen atoms in total. The van der Waals surface area contributed by atoms with Crippen molar-refractivity contribution in [3.8, 4) is 11.3 Å². The monoisotopic (exact) mass is 302 g/mol. The molecule has 0 fully saturated rings. The maximum absolute atomic E-state index is 6.27. The molecule has 0 saturated carbocycles. The highest BCUT2D eigenvalue weighted by Crippen LogP contribution is 2.38. The quantitative estimate of drug-likeness (QED) is 0.452. The van der Waals surface area contributed by atoms with Gasteiger partial charge in [-0.3, -0.25) is 0 Å². The molecule has 0 amide bonds. The number of fused-ring (bicyclic) bond motifs is 3. The molecule has 4 rings (SSSR count). The first-order valence-electron chi connectivity index (χ1n) is 7.94. The zero-order valence-corrected chi connectivity index (χ0v) is 14.0. The molecule has 2 aromatic carbocycles. The van der Waals surface area contributed by atoms with Gasteiger partial charge in [0, 0.05) is 22.4 Å². The van der Waals surface area contributed by atoms with Gasteiger partial charge in [0.2, 0.25) is 5.69 Å². The van der Waals surface area contributed by atoms with Crippen molar-refractivity contribution in [2.75, 3.05) is 0 Å². The van der Waals surface area contributed by atoms with Crippen LogP contribution in [0.25, 0.3) is 33.2 Å². The summed E-state index contributed by atoms with van der Waals surface area (Å²) in [5, 5.41) is 2.41. The number of hydrogen-bond donors (Lipinski definition) is 0. The Hall–Kier alpha value is -2.61. The molecule has 0 saturated heterocycles. The van der Waals surface area contributed by atoms with Gasteiger partial charge in [0.05, 0.1) is 5.56 Å². The first kappa shape index (κ1) is 14.0. The standard InChI is InChI=1S/C21H20NO/c1-13-9-10-17(22(4)12-13)20-15(3)11-14(2)19-16-7-5-6-8-18(16)23-21(19)20/h5-12H,1-4H3/q+1. The lowest BCUT2D eigenvalue weighted by atomic mass is 9.97. The Morgan fingerprint density at radius 2 is 1.70 bits per heavy atom. The summed E-state index contributed by atoms with van der Waals surface area (Å²) in [6, 6.07) is 14.9. The van der Waals surface area contributed by atoms with Crippen LogP contribution in [0.3, 0.4) is 0 Å². The number of para-hydroxylation sites is 1. The van der Waals surface area contributed by atoms with E-state index in [1.807, 2.05) is 12.1 Å². The molecule has 2 heteroatoms. The number of rotatable bonds is 1. The maximum Gasteiger partial charge on any atom is 0.216 e. The lowest BCUT2D eigenvalue weighted by Crippen LogP contribution is -2.31. The Kier molecular flexibility index (Phi) is 3.02.